The Morgan fingerprint density at radius 3 is 2.60 bits per heavy atom. The summed E-state index contributed by atoms with van der Waals surface area (Å²) in [7, 11) is 0. The first kappa shape index (κ1) is 20.1. The first-order valence-electron chi connectivity index (χ1n) is 10.7. The third-order valence-electron chi connectivity index (χ3n) is 5.51. The highest BCUT2D eigenvalue weighted by molar-refractivity contribution is 5.91. The minimum absolute atomic E-state index is 0.0781. The van der Waals surface area contributed by atoms with E-state index >= 15 is 0 Å². The van der Waals surface area contributed by atoms with Gasteiger partial charge in [0.2, 0.25) is 11.8 Å². The van der Waals surface area contributed by atoms with Crippen molar-refractivity contribution < 1.29 is 9.59 Å². The Morgan fingerprint density at radius 1 is 1.10 bits per heavy atom. The minimum Gasteiger partial charge on any atom is -0.356 e. The van der Waals surface area contributed by atoms with Crippen molar-refractivity contribution in [3.05, 3.63) is 59.9 Å². The van der Waals surface area contributed by atoms with E-state index in [0.29, 0.717) is 13.0 Å². The van der Waals surface area contributed by atoms with E-state index in [1.165, 1.54) is 5.56 Å². The zero-order chi connectivity index (χ0) is 20.9. The Hall–Kier alpha value is -3.15. The molecule has 0 aliphatic heterocycles. The fraction of sp³-hybridized carbons (Fsp3) is 0.375. The fourth-order valence-corrected chi connectivity index (χ4v) is 3.61. The summed E-state index contributed by atoms with van der Waals surface area (Å²) in [5.41, 5.74) is 3.87. The van der Waals surface area contributed by atoms with E-state index in [0.717, 1.165) is 48.2 Å². The van der Waals surface area contributed by atoms with Crippen molar-refractivity contribution in [1.29, 1.82) is 0 Å². The number of nitrogens with zero attached hydrogens (tertiary/aromatic N) is 2. The Kier molecular flexibility index (Phi) is 6.12. The van der Waals surface area contributed by atoms with Crippen molar-refractivity contribution in [2.24, 2.45) is 5.92 Å². The largest absolute Gasteiger partial charge is 0.356 e. The highest BCUT2D eigenvalue weighted by Crippen LogP contribution is 2.28. The normalized spacial score (nSPS) is 13.4. The molecule has 1 saturated carbocycles. The Morgan fingerprint density at radius 2 is 1.87 bits per heavy atom. The first-order chi connectivity index (χ1) is 14.6. The molecule has 1 aliphatic rings. The fourth-order valence-electron chi connectivity index (χ4n) is 3.61. The third-order valence-corrected chi connectivity index (χ3v) is 5.51. The van der Waals surface area contributed by atoms with Crippen molar-refractivity contribution in [1.82, 2.24) is 14.9 Å². The van der Waals surface area contributed by atoms with Gasteiger partial charge in [0, 0.05) is 24.6 Å². The van der Waals surface area contributed by atoms with E-state index in [2.05, 4.69) is 17.6 Å². The number of para-hydroxylation sites is 2. The lowest BCUT2D eigenvalue weighted by Crippen LogP contribution is -2.26. The highest BCUT2D eigenvalue weighted by atomic mass is 16.2. The summed E-state index contributed by atoms with van der Waals surface area (Å²) in [5, 5.41) is 5.98. The number of carbonyl (C=O) groups excluding carboxylic acids is 2. The number of imidazole rings is 1. The number of anilines is 1. The van der Waals surface area contributed by atoms with Gasteiger partial charge in [0.05, 0.1) is 11.0 Å². The second kappa shape index (κ2) is 9.11. The SMILES string of the molecule is CCc1ccc(NC(=O)Cn2c(CCCNC(=O)C3CC3)nc3ccccc32)cc1. The van der Waals surface area contributed by atoms with Gasteiger partial charge in [-0.2, -0.15) is 0 Å². The zero-order valence-electron chi connectivity index (χ0n) is 17.4. The van der Waals surface area contributed by atoms with Gasteiger partial charge in [-0.3, -0.25) is 9.59 Å². The lowest BCUT2D eigenvalue weighted by Gasteiger charge is -2.11. The molecular weight excluding hydrogens is 376 g/mol. The molecule has 0 atom stereocenters. The molecule has 1 fully saturated rings. The maximum Gasteiger partial charge on any atom is 0.244 e. The second-order valence-electron chi connectivity index (χ2n) is 7.87. The molecule has 156 valence electrons. The van der Waals surface area contributed by atoms with Gasteiger partial charge in [-0.05, 0) is 55.5 Å². The quantitative estimate of drug-likeness (QED) is 0.534. The maximum atomic E-state index is 12.7. The van der Waals surface area contributed by atoms with Crippen LogP contribution in [-0.2, 0) is 29.0 Å². The summed E-state index contributed by atoms with van der Waals surface area (Å²) in [4.78, 5) is 29.2. The number of hydrogen-bond donors (Lipinski definition) is 2. The number of aromatic nitrogens is 2. The molecule has 2 N–H and O–H groups in total. The lowest BCUT2D eigenvalue weighted by molar-refractivity contribution is -0.122. The molecule has 0 radical (unpaired) electrons. The third kappa shape index (κ3) is 4.87. The topological polar surface area (TPSA) is 76.0 Å². The number of aryl methyl sites for hydroxylation is 2. The van der Waals surface area contributed by atoms with Crippen molar-refractivity contribution in [3.8, 4) is 0 Å². The van der Waals surface area contributed by atoms with Gasteiger partial charge < -0.3 is 15.2 Å². The molecule has 0 bridgehead atoms. The van der Waals surface area contributed by atoms with Gasteiger partial charge in [0.15, 0.2) is 0 Å². The summed E-state index contributed by atoms with van der Waals surface area (Å²) in [6, 6.07) is 15.8. The van der Waals surface area contributed by atoms with E-state index < -0.39 is 0 Å². The predicted octanol–water partition coefficient (Wildman–Crippen LogP) is 3.70. The molecule has 0 saturated heterocycles. The highest BCUT2D eigenvalue weighted by Gasteiger charge is 2.29. The average Bonchev–Trinajstić information content (AvgIpc) is 3.56. The first-order valence-corrected chi connectivity index (χ1v) is 10.7. The Bertz CT molecular complexity index is 1040. The van der Waals surface area contributed by atoms with Crippen LogP contribution in [0.15, 0.2) is 48.5 Å². The van der Waals surface area contributed by atoms with Crippen LogP contribution < -0.4 is 10.6 Å². The smallest absolute Gasteiger partial charge is 0.244 e. The Balaban J connectivity index is 1.42. The summed E-state index contributed by atoms with van der Waals surface area (Å²) in [6.45, 7) is 2.95. The number of nitrogens with one attached hydrogen (secondary N) is 2. The molecule has 30 heavy (non-hydrogen) atoms. The number of rotatable bonds is 9. The summed E-state index contributed by atoms with van der Waals surface area (Å²) in [6.07, 6.45) is 4.50. The van der Waals surface area contributed by atoms with Crippen LogP contribution in [0.1, 0.15) is 37.6 Å². The van der Waals surface area contributed by atoms with E-state index in [9.17, 15) is 9.59 Å². The number of carbonyl (C=O) groups is 2. The van der Waals surface area contributed by atoms with E-state index in [-0.39, 0.29) is 24.3 Å². The molecule has 6 heteroatoms. The van der Waals surface area contributed by atoms with Gasteiger partial charge in [0.1, 0.15) is 12.4 Å². The molecule has 1 aromatic heterocycles. The molecule has 1 aliphatic carbocycles. The van der Waals surface area contributed by atoms with Crippen LogP contribution in [0.5, 0.6) is 0 Å². The Labute approximate surface area is 176 Å². The predicted molar refractivity (Wildman–Crippen MR) is 118 cm³/mol. The molecule has 2 amide bonds. The maximum absolute atomic E-state index is 12.7. The van der Waals surface area contributed by atoms with E-state index in [4.69, 9.17) is 4.98 Å². The molecule has 2 aromatic carbocycles. The van der Waals surface area contributed by atoms with Crippen LogP contribution in [0.3, 0.4) is 0 Å². The molecule has 0 unspecified atom stereocenters. The van der Waals surface area contributed by atoms with Crippen molar-refractivity contribution in [2.75, 3.05) is 11.9 Å². The summed E-state index contributed by atoms with van der Waals surface area (Å²) >= 11 is 0. The monoisotopic (exact) mass is 404 g/mol. The van der Waals surface area contributed by atoms with Crippen molar-refractivity contribution in [2.45, 2.75) is 45.6 Å². The van der Waals surface area contributed by atoms with Crippen LogP contribution in [0, 0.1) is 5.92 Å². The average molecular weight is 405 g/mol. The molecule has 6 nitrogen and oxygen atoms in total. The van der Waals surface area contributed by atoms with E-state index in [1.807, 2.05) is 53.1 Å². The minimum atomic E-state index is -0.0781. The van der Waals surface area contributed by atoms with Crippen LogP contribution in [0.4, 0.5) is 5.69 Å². The van der Waals surface area contributed by atoms with Crippen LogP contribution >= 0.6 is 0 Å². The summed E-state index contributed by atoms with van der Waals surface area (Å²) < 4.78 is 1.98. The number of fused-ring (bicyclic) bond motifs is 1. The van der Waals surface area contributed by atoms with E-state index in [1.54, 1.807) is 0 Å². The van der Waals surface area contributed by atoms with Gasteiger partial charge in [-0.25, -0.2) is 4.98 Å². The van der Waals surface area contributed by atoms with Gasteiger partial charge in [-0.1, -0.05) is 31.2 Å². The number of amides is 2. The van der Waals surface area contributed by atoms with Gasteiger partial charge >= 0.3 is 0 Å². The van der Waals surface area contributed by atoms with Gasteiger partial charge in [-0.15, -0.1) is 0 Å². The number of benzene rings is 2. The molecular formula is C24H28N4O2. The number of hydrogen-bond acceptors (Lipinski definition) is 3. The van der Waals surface area contributed by atoms with Gasteiger partial charge in [0.25, 0.3) is 0 Å². The zero-order valence-corrected chi connectivity index (χ0v) is 17.4. The molecule has 3 aromatic rings. The standard InChI is InChI=1S/C24H28N4O2/c1-2-17-9-13-19(14-10-17)26-23(29)16-28-21-7-4-3-6-20(21)27-22(28)8-5-15-25-24(30)18-11-12-18/h3-4,6-7,9-10,13-14,18H,2,5,8,11-12,15-16H2,1H3,(H,25,30)(H,26,29). The van der Waals surface area contributed by atoms with Crippen LogP contribution in [0.2, 0.25) is 0 Å². The summed E-state index contributed by atoms with van der Waals surface area (Å²) in [5.74, 6) is 1.18. The molecule has 4 rings (SSSR count). The van der Waals surface area contributed by atoms with Crippen molar-refractivity contribution >= 4 is 28.5 Å². The molecule has 1 heterocycles. The van der Waals surface area contributed by atoms with Crippen molar-refractivity contribution in [3.63, 3.8) is 0 Å². The van der Waals surface area contributed by atoms with Crippen LogP contribution in [0.25, 0.3) is 11.0 Å². The van der Waals surface area contributed by atoms with Crippen LogP contribution in [-0.4, -0.2) is 27.9 Å². The lowest BCUT2D eigenvalue weighted by atomic mass is 10.1. The molecule has 0 spiro atoms. The second-order valence-corrected chi connectivity index (χ2v) is 7.87.